The fraction of sp³-hybridized carbons (Fsp3) is 1.00. The Morgan fingerprint density at radius 2 is 1.56 bits per heavy atom. The van der Waals surface area contributed by atoms with Crippen molar-refractivity contribution in [2.75, 3.05) is 0 Å². The Balaban J connectivity index is 2.91. The summed E-state index contributed by atoms with van der Waals surface area (Å²) in [6.45, 7) is 13.3. The van der Waals surface area contributed by atoms with Crippen LogP contribution in [0.4, 0.5) is 0 Å². The van der Waals surface area contributed by atoms with Crippen LogP contribution in [0.15, 0.2) is 0 Å². The first-order chi connectivity index (χ1) is 7.25. The van der Waals surface area contributed by atoms with E-state index in [2.05, 4.69) is 27.7 Å². The molecule has 0 aromatic rings. The van der Waals surface area contributed by atoms with E-state index in [1.54, 1.807) is 0 Å². The molecule has 1 aliphatic rings. The summed E-state index contributed by atoms with van der Waals surface area (Å²) in [7, 11) is 0. The minimum absolute atomic E-state index is 0.480. The van der Waals surface area contributed by atoms with Crippen molar-refractivity contribution in [1.82, 2.24) is 0 Å². The van der Waals surface area contributed by atoms with Gasteiger partial charge in [-0.15, -0.1) is 0 Å². The van der Waals surface area contributed by atoms with Crippen molar-refractivity contribution >= 4 is 0 Å². The Morgan fingerprint density at radius 3 is 1.94 bits per heavy atom. The summed E-state index contributed by atoms with van der Waals surface area (Å²) < 4.78 is 0. The van der Waals surface area contributed by atoms with E-state index in [9.17, 15) is 5.11 Å². The van der Waals surface area contributed by atoms with E-state index < -0.39 is 5.60 Å². The molecule has 1 rings (SSSR count). The molecular weight excluding hydrogens is 196 g/mol. The minimum atomic E-state index is -0.511. The third-order valence-corrected chi connectivity index (χ3v) is 4.55. The first-order valence-corrected chi connectivity index (χ1v) is 6.97. The molecule has 0 aliphatic heterocycles. The second-order valence-corrected chi connectivity index (χ2v) is 6.92. The van der Waals surface area contributed by atoms with Crippen LogP contribution >= 0.6 is 0 Å². The second-order valence-electron chi connectivity index (χ2n) is 6.92. The lowest BCUT2D eigenvalue weighted by Gasteiger charge is -2.47. The maximum absolute atomic E-state index is 10.4. The van der Waals surface area contributed by atoms with Crippen molar-refractivity contribution in [1.29, 1.82) is 0 Å². The Morgan fingerprint density at radius 1 is 1.00 bits per heavy atom. The standard InChI is InChI=1S/C15H30O/c1-10(2)12-8-7-9-13(15(5,6)16)14(12)11(3)4/h10-14,16H,7-9H2,1-6H3. The van der Waals surface area contributed by atoms with Gasteiger partial charge in [-0.2, -0.15) is 0 Å². The molecule has 0 spiro atoms. The van der Waals surface area contributed by atoms with Crippen LogP contribution in [0.2, 0.25) is 0 Å². The van der Waals surface area contributed by atoms with Gasteiger partial charge in [0.2, 0.25) is 0 Å². The van der Waals surface area contributed by atoms with Crippen molar-refractivity contribution in [3.63, 3.8) is 0 Å². The maximum Gasteiger partial charge on any atom is 0.0622 e. The Bertz CT molecular complexity index is 212. The van der Waals surface area contributed by atoms with Crippen molar-refractivity contribution in [3.05, 3.63) is 0 Å². The SMILES string of the molecule is CC(C)C1CCCC(C(C)(C)O)C1C(C)C. The van der Waals surface area contributed by atoms with Gasteiger partial charge in [0, 0.05) is 0 Å². The van der Waals surface area contributed by atoms with E-state index in [0.29, 0.717) is 17.8 Å². The molecule has 1 heteroatoms. The van der Waals surface area contributed by atoms with Gasteiger partial charge in [0.15, 0.2) is 0 Å². The van der Waals surface area contributed by atoms with Crippen LogP contribution in [-0.2, 0) is 0 Å². The molecule has 3 atom stereocenters. The van der Waals surface area contributed by atoms with Crippen LogP contribution in [0.5, 0.6) is 0 Å². The highest BCUT2D eigenvalue weighted by Gasteiger charge is 2.42. The zero-order valence-electron chi connectivity index (χ0n) is 12.0. The molecule has 0 saturated heterocycles. The number of aliphatic hydroxyl groups is 1. The summed E-state index contributed by atoms with van der Waals surface area (Å²) >= 11 is 0. The van der Waals surface area contributed by atoms with E-state index >= 15 is 0 Å². The fourth-order valence-electron chi connectivity index (χ4n) is 3.82. The molecule has 16 heavy (non-hydrogen) atoms. The highest BCUT2D eigenvalue weighted by Crippen LogP contribution is 2.46. The average Bonchev–Trinajstić information content (AvgIpc) is 2.14. The molecule has 1 N–H and O–H groups in total. The number of hydrogen-bond donors (Lipinski definition) is 1. The lowest BCUT2D eigenvalue weighted by atomic mass is 9.60. The second kappa shape index (κ2) is 5.08. The third kappa shape index (κ3) is 3.00. The molecule has 0 bridgehead atoms. The third-order valence-electron chi connectivity index (χ3n) is 4.55. The molecule has 96 valence electrons. The fourth-order valence-corrected chi connectivity index (χ4v) is 3.82. The minimum Gasteiger partial charge on any atom is -0.390 e. The van der Waals surface area contributed by atoms with Gasteiger partial charge < -0.3 is 5.11 Å². The maximum atomic E-state index is 10.4. The van der Waals surface area contributed by atoms with Gasteiger partial charge >= 0.3 is 0 Å². The topological polar surface area (TPSA) is 20.2 Å². The summed E-state index contributed by atoms with van der Waals surface area (Å²) in [4.78, 5) is 0. The normalized spacial score (nSPS) is 32.4. The first kappa shape index (κ1) is 14.0. The van der Waals surface area contributed by atoms with Crippen molar-refractivity contribution in [3.8, 4) is 0 Å². The molecule has 1 aliphatic carbocycles. The molecule has 1 saturated carbocycles. The summed E-state index contributed by atoms with van der Waals surface area (Å²) in [5, 5.41) is 10.4. The lowest BCUT2D eigenvalue weighted by molar-refractivity contribution is -0.0665. The number of rotatable bonds is 3. The van der Waals surface area contributed by atoms with Crippen molar-refractivity contribution in [2.45, 2.75) is 66.4 Å². The highest BCUT2D eigenvalue weighted by molar-refractivity contribution is 4.92. The van der Waals surface area contributed by atoms with E-state index in [0.717, 1.165) is 11.8 Å². The van der Waals surface area contributed by atoms with Crippen molar-refractivity contribution in [2.24, 2.45) is 29.6 Å². The predicted molar refractivity (Wildman–Crippen MR) is 70.3 cm³/mol. The number of hydrogen-bond acceptors (Lipinski definition) is 1. The lowest BCUT2D eigenvalue weighted by Crippen LogP contribution is -2.45. The Labute approximate surface area is 102 Å². The van der Waals surface area contributed by atoms with Gasteiger partial charge in [-0.05, 0) is 56.3 Å². The van der Waals surface area contributed by atoms with Gasteiger partial charge in [-0.25, -0.2) is 0 Å². The quantitative estimate of drug-likeness (QED) is 0.768. The average molecular weight is 226 g/mol. The molecule has 0 aromatic carbocycles. The molecule has 0 radical (unpaired) electrons. The zero-order valence-corrected chi connectivity index (χ0v) is 12.0. The molecule has 0 amide bonds. The van der Waals surface area contributed by atoms with Crippen molar-refractivity contribution < 1.29 is 5.11 Å². The summed E-state index contributed by atoms with van der Waals surface area (Å²) in [6, 6.07) is 0. The van der Waals surface area contributed by atoms with Crippen LogP contribution in [0.3, 0.4) is 0 Å². The molecular formula is C15H30O. The predicted octanol–water partition coefficient (Wildman–Crippen LogP) is 4.10. The first-order valence-electron chi connectivity index (χ1n) is 6.97. The summed E-state index contributed by atoms with van der Waals surface area (Å²) in [5.41, 5.74) is -0.511. The summed E-state index contributed by atoms with van der Waals surface area (Å²) in [6.07, 6.45) is 3.85. The van der Waals surface area contributed by atoms with E-state index in [1.807, 2.05) is 13.8 Å². The Hall–Kier alpha value is -0.0400. The van der Waals surface area contributed by atoms with Crippen LogP contribution in [0, 0.1) is 29.6 Å². The van der Waals surface area contributed by atoms with Gasteiger partial charge in [0.05, 0.1) is 5.60 Å². The zero-order chi connectivity index (χ0) is 12.5. The van der Waals surface area contributed by atoms with Crippen LogP contribution in [0.25, 0.3) is 0 Å². The van der Waals surface area contributed by atoms with E-state index in [4.69, 9.17) is 0 Å². The van der Waals surface area contributed by atoms with Gasteiger partial charge in [-0.3, -0.25) is 0 Å². The van der Waals surface area contributed by atoms with Crippen LogP contribution in [0.1, 0.15) is 60.8 Å². The van der Waals surface area contributed by atoms with Gasteiger partial charge in [-0.1, -0.05) is 34.1 Å². The monoisotopic (exact) mass is 226 g/mol. The van der Waals surface area contributed by atoms with Gasteiger partial charge in [0.1, 0.15) is 0 Å². The van der Waals surface area contributed by atoms with Crippen LogP contribution < -0.4 is 0 Å². The Kier molecular flexibility index (Phi) is 4.45. The van der Waals surface area contributed by atoms with E-state index in [-0.39, 0.29) is 0 Å². The smallest absolute Gasteiger partial charge is 0.0622 e. The molecule has 0 aromatic heterocycles. The molecule has 1 nitrogen and oxygen atoms in total. The largest absolute Gasteiger partial charge is 0.390 e. The van der Waals surface area contributed by atoms with Crippen LogP contribution in [-0.4, -0.2) is 10.7 Å². The molecule has 3 unspecified atom stereocenters. The molecule has 1 fully saturated rings. The van der Waals surface area contributed by atoms with Gasteiger partial charge in [0.25, 0.3) is 0 Å². The molecule has 0 heterocycles. The highest BCUT2D eigenvalue weighted by atomic mass is 16.3. The summed E-state index contributed by atoms with van der Waals surface area (Å²) in [5.74, 6) is 3.40. The van der Waals surface area contributed by atoms with E-state index in [1.165, 1.54) is 19.3 Å².